The van der Waals surface area contributed by atoms with Crippen LogP contribution >= 0.6 is 0 Å². The highest BCUT2D eigenvalue weighted by Gasteiger charge is 2.42. The van der Waals surface area contributed by atoms with Crippen LogP contribution in [0.3, 0.4) is 0 Å². The second kappa shape index (κ2) is 8.78. The van der Waals surface area contributed by atoms with Gasteiger partial charge in [-0.3, -0.25) is 14.4 Å². The number of ether oxygens (including phenoxy) is 1. The van der Waals surface area contributed by atoms with E-state index in [0.29, 0.717) is 17.3 Å². The number of rotatable bonds is 7. The molecule has 0 aliphatic heterocycles. The third kappa shape index (κ3) is 4.17. The molecule has 3 aromatic rings. The smallest absolute Gasteiger partial charge is 0.330 e. The van der Waals surface area contributed by atoms with E-state index in [-0.39, 0.29) is 46.9 Å². The van der Waals surface area contributed by atoms with E-state index >= 15 is 0 Å². The minimum atomic E-state index is -1.26. The lowest BCUT2D eigenvalue weighted by molar-refractivity contribution is -0.137. The van der Waals surface area contributed by atoms with E-state index in [1.807, 2.05) is 19.1 Å². The normalized spacial score (nSPS) is 14.9. The number of hydrogen-bond donors (Lipinski definition) is 1. The molecule has 33 heavy (non-hydrogen) atoms. The van der Waals surface area contributed by atoms with Crippen LogP contribution in [-0.4, -0.2) is 40.0 Å². The van der Waals surface area contributed by atoms with Gasteiger partial charge in [-0.25, -0.2) is 9.78 Å². The van der Waals surface area contributed by atoms with Crippen molar-refractivity contribution >= 4 is 34.2 Å². The van der Waals surface area contributed by atoms with Crippen molar-refractivity contribution in [2.24, 2.45) is 0 Å². The van der Waals surface area contributed by atoms with Gasteiger partial charge in [-0.1, -0.05) is 24.3 Å². The Kier molecular flexibility index (Phi) is 5.87. The van der Waals surface area contributed by atoms with E-state index in [2.05, 4.69) is 11.6 Å². The lowest BCUT2D eigenvalue weighted by atomic mass is 9.97. The Hall–Kier alpha value is -4.13. The lowest BCUT2D eigenvalue weighted by Crippen LogP contribution is -2.14. The van der Waals surface area contributed by atoms with Crippen molar-refractivity contribution in [3.63, 3.8) is 0 Å². The van der Waals surface area contributed by atoms with Crippen LogP contribution in [0.15, 0.2) is 55.1 Å². The molecule has 1 atom stereocenters. The number of carbonyl (C=O) groups excluding carboxylic acids is 4. The molecule has 0 spiro atoms. The maximum absolute atomic E-state index is 13.1. The number of aromatic nitrogens is 1. The molecule has 1 unspecified atom stereocenters. The van der Waals surface area contributed by atoms with Crippen LogP contribution in [0.1, 0.15) is 61.1 Å². The number of aromatic hydroxyl groups is 1. The summed E-state index contributed by atoms with van der Waals surface area (Å²) in [5, 5.41) is 11.2. The van der Waals surface area contributed by atoms with E-state index in [9.17, 15) is 24.3 Å². The highest BCUT2D eigenvalue weighted by molar-refractivity contribution is 6.30. The standard InChI is InChI=1S/C26H21NO6/c1-3-22(30)33-10-4-5-20(28)15-7-8-17-18(12-15)26(32)23(25(17)31)24-21(29)13-16-11-14(2)6-9-19(16)27-24/h3,6-9,11-13,23,29H,1,4-5,10H2,2H3. The summed E-state index contributed by atoms with van der Waals surface area (Å²) in [5.41, 5.74) is 2.20. The van der Waals surface area contributed by atoms with E-state index < -0.39 is 23.5 Å². The summed E-state index contributed by atoms with van der Waals surface area (Å²) in [7, 11) is 0. The van der Waals surface area contributed by atoms with E-state index in [0.717, 1.165) is 11.6 Å². The average molecular weight is 443 g/mol. The first-order valence-corrected chi connectivity index (χ1v) is 10.5. The molecule has 1 heterocycles. The molecular weight excluding hydrogens is 422 g/mol. The summed E-state index contributed by atoms with van der Waals surface area (Å²) in [6, 6.07) is 11.4. The summed E-state index contributed by atoms with van der Waals surface area (Å²) >= 11 is 0. The number of pyridine rings is 1. The van der Waals surface area contributed by atoms with Crippen molar-refractivity contribution in [1.29, 1.82) is 0 Å². The van der Waals surface area contributed by atoms with E-state index in [4.69, 9.17) is 4.74 Å². The first-order valence-electron chi connectivity index (χ1n) is 10.5. The van der Waals surface area contributed by atoms with Crippen LogP contribution in [0.25, 0.3) is 10.9 Å². The Bertz CT molecular complexity index is 1340. The Balaban J connectivity index is 1.58. The van der Waals surface area contributed by atoms with Crippen LogP contribution in [-0.2, 0) is 9.53 Å². The molecule has 7 heteroatoms. The van der Waals surface area contributed by atoms with Crippen LogP contribution in [0, 0.1) is 6.92 Å². The zero-order valence-electron chi connectivity index (χ0n) is 18.0. The first kappa shape index (κ1) is 22.1. The molecule has 0 amide bonds. The maximum Gasteiger partial charge on any atom is 0.330 e. The van der Waals surface area contributed by atoms with Gasteiger partial charge in [-0.2, -0.15) is 0 Å². The molecule has 166 valence electrons. The van der Waals surface area contributed by atoms with Crippen LogP contribution in [0.2, 0.25) is 0 Å². The van der Waals surface area contributed by atoms with Gasteiger partial charge >= 0.3 is 5.97 Å². The number of hydrogen-bond acceptors (Lipinski definition) is 7. The quantitative estimate of drug-likeness (QED) is 0.192. The monoisotopic (exact) mass is 443 g/mol. The molecule has 4 rings (SSSR count). The van der Waals surface area contributed by atoms with Gasteiger partial charge in [0.2, 0.25) is 0 Å². The second-order valence-corrected chi connectivity index (χ2v) is 7.91. The second-order valence-electron chi connectivity index (χ2n) is 7.91. The van der Waals surface area contributed by atoms with Crippen molar-refractivity contribution in [2.45, 2.75) is 25.7 Å². The predicted octanol–water partition coefficient (Wildman–Crippen LogP) is 4.10. The summed E-state index contributed by atoms with van der Waals surface area (Å²) in [4.78, 5) is 54.1. The molecule has 0 fully saturated rings. The summed E-state index contributed by atoms with van der Waals surface area (Å²) in [6.07, 6.45) is 1.48. The lowest BCUT2D eigenvalue weighted by Gasteiger charge is -2.10. The number of benzene rings is 2. The molecule has 7 nitrogen and oxygen atoms in total. The molecule has 1 aliphatic carbocycles. The molecule has 0 radical (unpaired) electrons. The van der Waals surface area contributed by atoms with Gasteiger partial charge in [0.25, 0.3) is 0 Å². The Morgan fingerprint density at radius 1 is 1.09 bits per heavy atom. The summed E-state index contributed by atoms with van der Waals surface area (Å²) in [5.74, 6) is -3.24. The van der Waals surface area contributed by atoms with Gasteiger partial charge in [0.05, 0.1) is 12.1 Å². The molecule has 0 saturated heterocycles. The van der Waals surface area contributed by atoms with Crippen LogP contribution < -0.4 is 0 Å². The number of esters is 1. The Morgan fingerprint density at radius 3 is 2.61 bits per heavy atom. The zero-order chi connectivity index (χ0) is 23.7. The van der Waals surface area contributed by atoms with Crippen LogP contribution in [0.4, 0.5) is 0 Å². The molecular formula is C26H21NO6. The summed E-state index contributed by atoms with van der Waals surface area (Å²) < 4.78 is 4.86. The zero-order valence-corrected chi connectivity index (χ0v) is 18.0. The maximum atomic E-state index is 13.1. The molecule has 1 aliphatic rings. The van der Waals surface area contributed by atoms with Crippen molar-refractivity contribution < 1.29 is 29.0 Å². The first-order chi connectivity index (χ1) is 15.8. The summed E-state index contributed by atoms with van der Waals surface area (Å²) in [6.45, 7) is 5.29. The topological polar surface area (TPSA) is 111 Å². The number of fused-ring (bicyclic) bond motifs is 2. The minimum Gasteiger partial charge on any atom is -0.506 e. The van der Waals surface area contributed by atoms with Gasteiger partial charge in [-0.15, -0.1) is 0 Å². The molecule has 2 aromatic carbocycles. The number of ketones is 3. The average Bonchev–Trinajstić information content (AvgIpc) is 3.05. The van der Waals surface area contributed by atoms with Gasteiger partial charge in [0.15, 0.2) is 17.3 Å². The number of nitrogens with zero attached hydrogens (tertiary/aromatic N) is 1. The molecule has 0 saturated carbocycles. The molecule has 0 bridgehead atoms. The van der Waals surface area contributed by atoms with Gasteiger partial charge in [0.1, 0.15) is 17.4 Å². The van der Waals surface area contributed by atoms with Crippen LogP contribution in [0.5, 0.6) is 5.75 Å². The third-order valence-electron chi connectivity index (χ3n) is 5.61. The highest BCUT2D eigenvalue weighted by Crippen LogP contribution is 2.38. The van der Waals surface area contributed by atoms with Crippen molar-refractivity contribution in [1.82, 2.24) is 4.98 Å². The van der Waals surface area contributed by atoms with E-state index in [1.54, 1.807) is 6.07 Å². The van der Waals surface area contributed by atoms with Gasteiger partial charge in [0, 0.05) is 34.6 Å². The third-order valence-corrected chi connectivity index (χ3v) is 5.61. The largest absolute Gasteiger partial charge is 0.506 e. The Labute approximate surface area is 189 Å². The number of carbonyl (C=O) groups is 4. The molecule has 1 aromatic heterocycles. The Morgan fingerprint density at radius 2 is 1.85 bits per heavy atom. The van der Waals surface area contributed by atoms with Gasteiger partial charge < -0.3 is 9.84 Å². The minimum absolute atomic E-state index is 0.00876. The SMILES string of the molecule is C=CC(=O)OCCCC(=O)c1ccc2c(c1)C(=O)C(c1nc3ccc(C)cc3cc1O)C2=O. The van der Waals surface area contributed by atoms with Gasteiger partial charge in [-0.05, 0) is 43.7 Å². The molecule has 1 N–H and O–H groups in total. The number of aryl methyl sites for hydroxylation is 1. The van der Waals surface area contributed by atoms with Crippen molar-refractivity contribution in [3.05, 3.63) is 83.1 Å². The van der Waals surface area contributed by atoms with Crippen molar-refractivity contribution in [2.75, 3.05) is 6.61 Å². The fraction of sp³-hybridized carbons (Fsp3) is 0.192. The fourth-order valence-corrected chi connectivity index (χ4v) is 3.94. The predicted molar refractivity (Wildman–Crippen MR) is 121 cm³/mol. The highest BCUT2D eigenvalue weighted by atomic mass is 16.5. The number of Topliss-reactive ketones (excluding diaryl/α,β-unsaturated/α-hetero) is 3. The fourth-order valence-electron chi connectivity index (χ4n) is 3.94. The van der Waals surface area contributed by atoms with Crippen molar-refractivity contribution in [3.8, 4) is 5.75 Å². The van der Waals surface area contributed by atoms with E-state index in [1.165, 1.54) is 24.3 Å².